The molecule has 9 heavy (non-hydrogen) atoms. The van der Waals surface area contributed by atoms with Crippen molar-refractivity contribution in [2.75, 3.05) is 0 Å². The first-order valence-corrected chi connectivity index (χ1v) is 10.2. The molecule has 0 unspecified atom stereocenters. The van der Waals surface area contributed by atoms with Crippen LogP contribution in [0.3, 0.4) is 0 Å². The Morgan fingerprint density at radius 1 is 1.11 bits per heavy atom. The number of halogens is 2. The maximum absolute atomic E-state index is 6.24. The predicted molar refractivity (Wildman–Crippen MR) is 40.9 cm³/mol. The fourth-order valence-corrected chi connectivity index (χ4v) is 6.59. The maximum Gasteiger partial charge on any atom is -1.00 e. The van der Waals surface area contributed by atoms with Crippen molar-refractivity contribution < 1.29 is 12.4 Å². The van der Waals surface area contributed by atoms with Crippen LogP contribution in [0, 0.1) is 0 Å². The van der Waals surface area contributed by atoms with Crippen LogP contribution in [0.2, 0.25) is 16.1 Å². The van der Waals surface area contributed by atoms with Gasteiger partial charge in [-0.15, -0.1) is 0 Å². The van der Waals surface area contributed by atoms with Crippen molar-refractivity contribution in [1.82, 2.24) is 0 Å². The van der Waals surface area contributed by atoms with Crippen LogP contribution in [0.15, 0.2) is 0 Å². The molecule has 0 spiro atoms. The number of hydrogen-bond acceptors (Lipinski definition) is 0. The van der Waals surface area contributed by atoms with Gasteiger partial charge in [-0.25, -0.2) is 0 Å². The molecule has 0 radical (unpaired) electrons. The largest absolute Gasteiger partial charge is 1.00 e. The SMILES string of the molecule is C[As+]1(Cl)CCCCC1.[Cl-]. The Labute approximate surface area is 70.4 Å². The molecule has 0 aromatic heterocycles. The Hall–Kier alpha value is 1.14. The van der Waals surface area contributed by atoms with Gasteiger partial charge in [0, 0.05) is 0 Å². The van der Waals surface area contributed by atoms with Gasteiger partial charge in [0.15, 0.2) is 0 Å². The van der Waals surface area contributed by atoms with E-state index in [0.717, 1.165) is 0 Å². The molecule has 56 valence electrons. The van der Waals surface area contributed by atoms with Gasteiger partial charge < -0.3 is 12.4 Å². The molecule has 0 nitrogen and oxygen atoms in total. The van der Waals surface area contributed by atoms with E-state index < -0.39 is 12.6 Å². The number of hydrogen-bond donors (Lipinski definition) is 0. The minimum Gasteiger partial charge on any atom is -1.00 e. The summed E-state index contributed by atoms with van der Waals surface area (Å²) in [6, 6.07) is 0. The van der Waals surface area contributed by atoms with E-state index >= 15 is 0 Å². The van der Waals surface area contributed by atoms with Crippen molar-refractivity contribution in [3.8, 4) is 0 Å². The fourth-order valence-electron chi connectivity index (χ4n) is 1.17. The van der Waals surface area contributed by atoms with Gasteiger partial charge >= 0.3 is 58.0 Å². The standard InChI is InChI=1S/C6H13AsCl.ClH/c1-7(8)5-3-2-4-6-7;/h2-6H2,1H3;1H/q+1;/p-1. The molecule has 0 N–H and O–H groups in total. The van der Waals surface area contributed by atoms with Gasteiger partial charge in [0.05, 0.1) is 0 Å². The summed E-state index contributed by atoms with van der Waals surface area (Å²) in [6.45, 7) is 0. The Kier molecular flexibility index (Phi) is 4.63. The minimum atomic E-state index is -1.42. The molecule has 0 atom stereocenters. The van der Waals surface area contributed by atoms with Gasteiger partial charge in [-0.3, -0.25) is 0 Å². The normalized spacial score (nSPS) is 24.7. The zero-order valence-corrected chi connectivity index (χ0v) is 9.13. The third-order valence-electron chi connectivity index (χ3n) is 1.75. The first-order chi connectivity index (χ1) is 3.71. The molecule has 3 heteroatoms. The van der Waals surface area contributed by atoms with Crippen LogP contribution in [0.5, 0.6) is 0 Å². The summed E-state index contributed by atoms with van der Waals surface area (Å²) in [5.41, 5.74) is 2.32. The summed E-state index contributed by atoms with van der Waals surface area (Å²) in [6.07, 6.45) is 4.25. The van der Waals surface area contributed by atoms with E-state index in [4.69, 9.17) is 9.95 Å². The Morgan fingerprint density at radius 2 is 1.56 bits per heavy atom. The molecule has 1 aliphatic rings. The molecule has 0 bridgehead atoms. The number of rotatable bonds is 0. The third-order valence-corrected chi connectivity index (χ3v) is 8.75. The van der Waals surface area contributed by atoms with Gasteiger partial charge in [0.1, 0.15) is 0 Å². The molecule has 0 aromatic carbocycles. The van der Waals surface area contributed by atoms with Crippen LogP contribution in [0.25, 0.3) is 0 Å². The van der Waals surface area contributed by atoms with Crippen LogP contribution in [-0.4, -0.2) is 12.6 Å². The van der Waals surface area contributed by atoms with Crippen molar-refractivity contribution >= 4 is 22.6 Å². The first-order valence-electron chi connectivity index (χ1n) is 3.25. The summed E-state index contributed by atoms with van der Waals surface area (Å²) in [7, 11) is 6.24. The first kappa shape index (κ1) is 10.1. The monoisotopic (exact) mass is 230 g/mol. The second-order valence-electron chi connectivity index (χ2n) is 2.77. The van der Waals surface area contributed by atoms with Gasteiger partial charge in [-0.1, -0.05) is 0 Å². The van der Waals surface area contributed by atoms with Crippen molar-refractivity contribution in [1.29, 1.82) is 0 Å². The smallest absolute Gasteiger partial charge is 1.00 e. The van der Waals surface area contributed by atoms with E-state index in [-0.39, 0.29) is 12.4 Å². The molecular formula is C6H13AsCl2. The van der Waals surface area contributed by atoms with Gasteiger partial charge in [0.25, 0.3) is 0 Å². The van der Waals surface area contributed by atoms with Gasteiger partial charge in [-0.05, 0) is 0 Å². The maximum atomic E-state index is 6.24. The minimum absolute atomic E-state index is 0. The molecule has 1 rings (SSSR count). The van der Waals surface area contributed by atoms with E-state index in [1.165, 1.54) is 29.7 Å². The molecule has 0 aliphatic carbocycles. The molecule has 1 aliphatic heterocycles. The summed E-state index contributed by atoms with van der Waals surface area (Å²) < 4.78 is 0. The van der Waals surface area contributed by atoms with Gasteiger partial charge in [-0.2, -0.15) is 0 Å². The van der Waals surface area contributed by atoms with Crippen molar-refractivity contribution in [3.63, 3.8) is 0 Å². The van der Waals surface area contributed by atoms with Crippen LogP contribution >= 0.6 is 9.95 Å². The summed E-state index contributed by atoms with van der Waals surface area (Å²) in [5.74, 6) is 0. The molecule has 1 heterocycles. The topological polar surface area (TPSA) is 0 Å². The fraction of sp³-hybridized carbons (Fsp3) is 1.00. The quantitative estimate of drug-likeness (QED) is 0.514. The second kappa shape index (κ2) is 4.11. The zero-order chi connectivity index (χ0) is 6.04. The van der Waals surface area contributed by atoms with Gasteiger partial charge in [0.2, 0.25) is 0 Å². The Balaban J connectivity index is 0.000000640. The molecular weight excluding hydrogens is 218 g/mol. The molecule has 0 saturated carbocycles. The van der Waals surface area contributed by atoms with Crippen LogP contribution in [-0.2, 0) is 0 Å². The average Bonchev–Trinajstić information content (AvgIpc) is 1.65. The van der Waals surface area contributed by atoms with E-state index in [1.54, 1.807) is 0 Å². The molecule has 1 saturated heterocycles. The third kappa shape index (κ3) is 3.75. The van der Waals surface area contributed by atoms with Crippen molar-refractivity contribution in [3.05, 3.63) is 0 Å². The zero-order valence-electron chi connectivity index (χ0n) is 5.74. The van der Waals surface area contributed by atoms with E-state index in [0.29, 0.717) is 0 Å². The summed E-state index contributed by atoms with van der Waals surface area (Å²) >= 11 is -1.42. The Bertz CT molecular complexity index is 75.1. The average molecular weight is 231 g/mol. The van der Waals surface area contributed by atoms with Crippen LogP contribution in [0.1, 0.15) is 19.3 Å². The van der Waals surface area contributed by atoms with E-state index in [1.807, 2.05) is 0 Å². The second-order valence-corrected chi connectivity index (χ2v) is 14.2. The summed E-state index contributed by atoms with van der Waals surface area (Å²) in [4.78, 5) is 0. The van der Waals surface area contributed by atoms with Crippen molar-refractivity contribution in [2.45, 2.75) is 35.4 Å². The predicted octanol–water partition coefficient (Wildman–Crippen LogP) is -0.0116. The van der Waals surface area contributed by atoms with Crippen molar-refractivity contribution in [2.24, 2.45) is 0 Å². The molecule has 0 amide bonds. The Morgan fingerprint density at radius 3 is 1.78 bits per heavy atom. The molecule has 0 aromatic rings. The van der Waals surface area contributed by atoms with Crippen LogP contribution < -0.4 is 12.4 Å². The summed E-state index contributed by atoms with van der Waals surface area (Å²) in [5, 5.41) is 2.78. The van der Waals surface area contributed by atoms with Crippen LogP contribution in [0.4, 0.5) is 0 Å². The molecule has 1 fully saturated rings. The van der Waals surface area contributed by atoms with E-state index in [9.17, 15) is 0 Å². The van der Waals surface area contributed by atoms with E-state index in [2.05, 4.69) is 5.71 Å².